The van der Waals surface area contributed by atoms with E-state index < -0.39 is 0 Å². The van der Waals surface area contributed by atoms with E-state index in [-0.39, 0.29) is 12.6 Å². The number of fused-ring (bicyclic) bond motifs is 1. The number of hydrogen-bond donors (Lipinski definition) is 2. The summed E-state index contributed by atoms with van der Waals surface area (Å²) < 4.78 is 0. The molecule has 2 heteroatoms. The Morgan fingerprint density at radius 1 is 1.40 bits per heavy atom. The van der Waals surface area contributed by atoms with Crippen molar-refractivity contribution in [1.29, 1.82) is 0 Å². The predicted octanol–water partition coefficient (Wildman–Crippen LogP) is 2.52. The van der Waals surface area contributed by atoms with Gasteiger partial charge in [-0.05, 0) is 30.0 Å². The van der Waals surface area contributed by atoms with Crippen LogP contribution in [0.3, 0.4) is 0 Å². The first-order valence-corrected chi connectivity index (χ1v) is 5.62. The van der Waals surface area contributed by atoms with Gasteiger partial charge in [-0.1, -0.05) is 26.0 Å². The maximum atomic E-state index is 9.39. The highest BCUT2D eigenvalue weighted by molar-refractivity contribution is 5.62. The fraction of sp³-hybridized carbons (Fsp3) is 0.538. The van der Waals surface area contributed by atoms with Crippen LogP contribution in [-0.4, -0.2) is 17.8 Å². The van der Waals surface area contributed by atoms with E-state index >= 15 is 0 Å². The topological polar surface area (TPSA) is 32.3 Å². The number of anilines is 1. The third-order valence-electron chi connectivity index (χ3n) is 3.35. The number of aryl methyl sites for hydroxylation is 1. The van der Waals surface area contributed by atoms with Crippen molar-refractivity contribution < 1.29 is 5.11 Å². The molecule has 0 saturated carbocycles. The standard InChI is InChI=1S/C13H19NO/c1-8(2)12-11(7-15)14-10-6-4-5-9(3)13(10)12/h4-6,8,11-12,14-15H,7H2,1-3H3. The lowest BCUT2D eigenvalue weighted by Crippen LogP contribution is -2.27. The average molecular weight is 205 g/mol. The van der Waals surface area contributed by atoms with Crippen molar-refractivity contribution in [2.24, 2.45) is 5.92 Å². The second-order valence-corrected chi connectivity index (χ2v) is 4.74. The molecule has 2 atom stereocenters. The molecule has 0 amide bonds. The number of hydrogen-bond acceptors (Lipinski definition) is 2. The second-order valence-electron chi connectivity index (χ2n) is 4.74. The molecule has 2 N–H and O–H groups in total. The summed E-state index contributed by atoms with van der Waals surface area (Å²) in [4.78, 5) is 0. The number of aliphatic hydroxyl groups is 1. The third kappa shape index (κ3) is 1.63. The van der Waals surface area contributed by atoms with Gasteiger partial charge in [0.1, 0.15) is 0 Å². The van der Waals surface area contributed by atoms with Crippen LogP contribution < -0.4 is 5.32 Å². The van der Waals surface area contributed by atoms with Gasteiger partial charge in [0.15, 0.2) is 0 Å². The van der Waals surface area contributed by atoms with Crippen LogP contribution in [0.1, 0.15) is 30.9 Å². The van der Waals surface area contributed by atoms with Gasteiger partial charge in [0.2, 0.25) is 0 Å². The number of rotatable bonds is 2. The molecular formula is C13H19NO. The molecule has 2 rings (SSSR count). The molecule has 0 spiro atoms. The first-order chi connectivity index (χ1) is 7.15. The van der Waals surface area contributed by atoms with Crippen LogP contribution in [0.2, 0.25) is 0 Å². The zero-order valence-corrected chi connectivity index (χ0v) is 9.62. The molecule has 1 aromatic carbocycles. The minimum atomic E-state index is 0.182. The highest BCUT2D eigenvalue weighted by atomic mass is 16.3. The largest absolute Gasteiger partial charge is 0.394 e. The van der Waals surface area contributed by atoms with Crippen LogP contribution in [0.5, 0.6) is 0 Å². The lowest BCUT2D eigenvalue weighted by Gasteiger charge is -2.22. The van der Waals surface area contributed by atoms with Gasteiger partial charge in [-0.15, -0.1) is 0 Å². The first-order valence-electron chi connectivity index (χ1n) is 5.62. The van der Waals surface area contributed by atoms with Crippen LogP contribution in [0.4, 0.5) is 5.69 Å². The highest BCUT2D eigenvalue weighted by Crippen LogP contribution is 2.41. The van der Waals surface area contributed by atoms with Gasteiger partial charge in [-0.3, -0.25) is 0 Å². The van der Waals surface area contributed by atoms with Gasteiger partial charge in [0.05, 0.1) is 12.6 Å². The molecule has 1 heterocycles. The van der Waals surface area contributed by atoms with E-state index in [9.17, 15) is 5.11 Å². The number of aliphatic hydroxyl groups excluding tert-OH is 1. The summed E-state index contributed by atoms with van der Waals surface area (Å²) in [6.45, 7) is 6.79. The SMILES string of the molecule is Cc1cccc2c1C(C(C)C)C(CO)N2. The summed E-state index contributed by atoms with van der Waals surface area (Å²) in [6.07, 6.45) is 0. The lowest BCUT2D eigenvalue weighted by molar-refractivity contribution is 0.248. The zero-order valence-electron chi connectivity index (χ0n) is 9.62. The Morgan fingerprint density at radius 2 is 2.13 bits per heavy atom. The van der Waals surface area contributed by atoms with Crippen LogP contribution in [0, 0.1) is 12.8 Å². The highest BCUT2D eigenvalue weighted by Gasteiger charge is 2.34. The van der Waals surface area contributed by atoms with E-state index in [1.807, 2.05) is 0 Å². The molecule has 2 unspecified atom stereocenters. The van der Waals surface area contributed by atoms with Gasteiger partial charge in [-0.25, -0.2) is 0 Å². The minimum absolute atomic E-state index is 0.182. The summed E-state index contributed by atoms with van der Waals surface area (Å²) >= 11 is 0. The fourth-order valence-corrected chi connectivity index (χ4v) is 2.70. The fourth-order valence-electron chi connectivity index (χ4n) is 2.70. The molecule has 0 aliphatic carbocycles. The Labute approximate surface area is 91.3 Å². The normalized spacial score (nSPS) is 24.1. The van der Waals surface area contributed by atoms with Crippen molar-refractivity contribution in [2.45, 2.75) is 32.7 Å². The summed E-state index contributed by atoms with van der Waals surface area (Å²) in [7, 11) is 0. The van der Waals surface area contributed by atoms with E-state index in [1.54, 1.807) is 0 Å². The minimum Gasteiger partial charge on any atom is -0.394 e. The molecule has 0 radical (unpaired) electrons. The Bertz CT molecular complexity index is 360. The molecular weight excluding hydrogens is 186 g/mol. The molecule has 82 valence electrons. The average Bonchev–Trinajstić information content (AvgIpc) is 2.57. The van der Waals surface area contributed by atoms with E-state index in [2.05, 4.69) is 44.3 Å². The van der Waals surface area contributed by atoms with Crippen molar-refractivity contribution in [2.75, 3.05) is 11.9 Å². The van der Waals surface area contributed by atoms with Gasteiger partial charge in [0.25, 0.3) is 0 Å². The molecule has 0 bridgehead atoms. The molecule has 1 aliphatic heterocycles. The maximum absolute atomic E-state index is 9.39. The lowest BCUT2D eigenvalue weighted by atomic mass is 9.83. The van der Waals surface area contributed by atoms with Gasteiger partial charge in [0, 0.05) is 11.6 Å². The van der Waals surface area contributed by atoms with Gasteiger partial charge < -0.3 is 10.4 Å². The van der Waals surface area contributed by atoms with Crippen molar-refractivity contribution in [3.8, 4) is 0 Å². The van der Waals surface area contributed by atoms with Crippen LogP contribution >= 0.6 is 0 Å². The van der Waals surface area contributed by atoms with Gasteiger partial charge >= 0.3 is 0 Å². The van der Waals surface area contributed by atoms with E-state index in [0.29, 0.717) is 11.8 Å². The molecule has 2 nitrogen and oxygen atoms in total. The molecule has 1 aromatic rings. The molecule has 0 saturated heterocycles. The van der Waals surface area contributed by atoms with Crippen molar-refractivity contribution in [3.05, 3.63) is 29.3 Å². The number of benzene rings is 1. The first kappa shape index (κ1) is 10.5. The van der Waals surface area contributed by atoms with Crippen LogP contribution in [0.25, 0.3) is 0 Å². The molecule has 0 fully saturated rings. The summed E-state index contributed by atoms with van der Waals surface area (Å²) in [5.74, 6) is 0.989. The summed E-state index contributed by atoms with van der Waals surface area (Å²) in [6, 6.07) is 6.50. The van der Waals surface area contributed by atoms with Crippen LogP contribution in [-0.2, 0) is 0 Å². The zero-order chi connectivity index (χ0) is 11.0. The third-order valence-corrected chi connectivity index (χ3v) is 3.35. The summed E-state index contributed by atoms with van der Waals surface area (Å²) in [5, 5.41) is 12.8. The van der Waals surface area contributed by atoms with E-state index in [4.69, 9.17) is 0 Å². The smallest absolute Gasteiger partial charge is 0.0638 e. The Kier molecular flexibility index (Phi) is 2.70. The second kappa shape index (κ2) is 3.86. The van der Waals surface area contributed by atoms with Gasteiger partial charge in [-0.2, -0.15) is 0 Å². The monoisotopic (exact) mass is 205 g/mol. The predicted molar refractivity (Wildman–Crippen MR) is 63.3 cm³/mol. The van der Waals surface area contributed by atoms with Crippen molar-refractivity contribution in [1.82, 2.24) is 0 Å². The molecule has 1 aliphatic rings. The van der Waals surface area contributed by atoms with E-state index in [0.717, 1.165) is 0 Å². The van der Waals surface area contributed by atoms with E-state index in [1.165, 1.54) is 16.8 Å². The molecule has 15 heavy (non-hydrogen) atoms. The molecule has 0 aromatic heterocycles. The Balaban J connectivity index is 2.46. The van der Waals surface area contributed by atoms with Crippen LogP contribution in [0.15, 0.2) is 18.2 Å². The Hall–Kier alpha value is -1.02. The van der Waals surface area contributed by atoms with Crippen molar-refractivity contribution in [3.63, 3.8) is 0 Å². The Morgan fingerprint density at radius 3 is 2.73 bits per heavy atom. The van der Waals surface area contributed by atoms with Crippen molar-refractivity contribution >= 4 is 5.69 Å². The summed E-state index contributed by atoms with van der Waals surface area (Å²) in [5.41, 5.74) is 3.92. The maximum Gasteiger partial charge on any atom is 0.0638 e. The number of nitrogens with one attached hydrogen (secondary N) is 1. The quantitative estimate of drug-likeness (QED) is 0.777.